The van der Waals surface area contributed by atoms with Gasteiger partial charge in [0.1, 0.15) is 5.01 Å². The summed E-state index contributed by atoms with van der Waals surface area (Å²) in [6, 6.07) is 0. The Morgan fingerprint density at radius 3 is 2.39 bits per heavy atom. The number of rotatable bonds is 5. The summed E-state index contributed by atoms with van der Waals surface area (Å²) in [6.07, 6.45) is 2.61. The van der Waals surface area contributed by atoms with Gasteiger partial charge in [-0.15, -0.1) is 10.2 Å². The second kappa shape index (κ2) is 6.27. The second-order valence-electron chi connectivity index (χ2n) is 5.74. The Morgan fingerprint density at radius 1 is 1.28 bits per heavy atom. The van der Waals surface area contributed by atoms with Crippen LogP contribution in [0.25, 0.3) is 0 Å². The fraction of sp³-hybridized carbons (Fsp3) is 0.769. The first kappa shape index (κ1) is 15.1. The molecule has 1 amide bonds. The van der Waals surface area contributed by atoms with Gasteiger partial charge in [0.2, 0.25) is 11.0 Å². The predicted octanol–water partition coefficient (Wildman–Crippen LogP) is 3.82. The largest absolute Gasteiger partial charge is 0.301 e. The van der Waals surface area contributed by atoms with Gasteiger partial charge in [-0.1, -0.05) is 46.0 Å². The van der Waals surface area contributed by atoms with Crippen molar-refractivity contribution in [3.05, 3.63) is 5.01 Å². The van der Waals surface area contributed by atoms with Crippen LogP contribution in [-0.4, -0.2) is 16.1 Å². The lowest BCUT2D eigenvalue weighted by Gasteiger charge is -2.16. The molecule has 1 heterocycles. The number of aromatic nitrogens is 2. The maximum Gasteiger partial charge on any atom is 0.226 e. The summed E-state index contributed by atoms with van der Waals surface area (Å²) in [4.78, 5) is 11.8. The topological polar surface area (TPSA) is 54.9 Å². The molecule has 18 heavy (non-hydrogen) atoms. The molecule has 1 aromatic heterocycles. The van der Waals surface area contributed by atoms with Crippen LogP contribution in [0.1, 0.15) is 64.8 Å². The molecule has 0 bridgehead atoms. The van der Waals surface area contributed by atoms with Crippen molar-refractivity contribution in [1.29, 1.82) is 0 Å². The molecule has 0 saturated carbocycles. The van der Waals surface area contributed by atoms with Gasteiger partial charge in [-0.2, -0.15) is 0 Å². The molecule has 0 aliphatic rings. The van der Waals surface area contributed by atoms with E-state index in [-0.39, 0.29) is 11.3 Å². The third kappa shape index (κ3) is 4.72. The van der Waals surface area contributed by atoms with E-state index in [1.807, 2.05) is 20.8 Å². The van der Waals surface area contributed by atoms with Crippen LogP contribution < -0.4 is 5.32 Å². The molecule has 0 aromatic carbocycles. The van der Waals surface area contributed by atoms with Crippen molar-refractivity contribution in [2.24, 2.45) is 5.41 Å². The summed E-state index contributed by atoms with van der Waals surface area (Å²) in [7, 11) is 0. The lowest BCUT2D eigenvalue weighted by Crippen LogP contribution is -2.19. The van der Waals surface area contributed by atoms with Gasteiger partial charge < -0.3 is 5.32 Å². The number of amides is 1. The fourth-order valence-corrected chi connectivity index (χ4v) is 2.76. The summed E-state index contributed by atoms with van der Waals surface area (Å²) in [5.74, 6) is 0.463. The zero-order chi connectivity index (χ0) is 13.8. The van der Waals surface area contributed by atoms with E-state index in [0.717, 1.165) is 17.8 Å². The normalized spacial score (nSPS) is 11.9. The molecule has 0 radical (unpaired) electrons. The van der Waals surface area contributed by atoms with Crippen LogP contribution in [0.15, 0.2) is 0 Å². The number of anilines is 1. The third-order valence-electron chi connectivity index (χ3n) is 2.71. The van der Waals surface area contributed by atoms with Crippen LogP contribution in [0.2, 0.25) is 0 Å². The lowest BCUT2D eigenvalue weighted by atomic mass is 9.92. The number of nitrogens with one attached hydrogen (secondary N) is 1. The summed E-state index contributed by atoms with van der Waals surface area (Å²) in [5, 5.41) is 12.7. The quantitative estimate of drug-likeness (QED) is 0.884. The second-order valence-corrected chi connectivity index (χ2v) is 6.75. The van der Waals surface area contributed by atoms with Gasteiger partial charge in [-0.3, -0.25) is 4.79 Å². The van der Waals surface area contributed by atoms with Gasteiger partial charge >= 0.3 is 0 Å². The molecular weight excluding hydrogens is 246 g/mol. The molecule has 0 atom stereocenters. The highest BCUT2D eigenvalue weighted by Crippen LogP contribution is 2.28. The van der Waals surface area contributed by atoms with Crippen molar-refractivity contribution in [3.63, 3.8) is 0 Å². The minimum Gasteiger partial charge on any atom is -0.301 e. The van der Waals surface area contributed by atoms with Crippen molar-refractivity contribution < 1.29 is 4.79 Å². The first-order valence-electron chi connectivity index (χ1n) is 6.49. The average molecular weight is 269 g/mol. The first-order valence-corrected chi connectivity index (χ1v) is 7.30. The summed E-state index contributed by atoms with van der Waals surface area (Å²) < 4.78 is 0. The molecule has 1 aromatic rings. The molecule has 0 unspecified atom stereocenters. The Morgan fingerprint density at radius 2 is 1.89 bits per heavy atom. The van der Waals surface area contributed by atoms with E-state index >= 15 is 0 Å². The van der Waals surface area contributed by atoms with E-state index in [4.69, 9.17) is 0 Å². The van der Waals surface area contributed by atoms with Crippen molar-refractivity contribution in [1.82, 2.24) is 10.2 Å². The van der Waals surface area contributed by atoms with E-state index in [0.29, 0.717) is 17.5 Å². The number of hydrogen-bond donors (Lipinski definition) is 1. The van der Waals surface area contributed by atoms with Crippen molar-refractivity contribution in [2.75, 3.05) is 5.32 Å². The first-order chi connectivity index (χ1) is 8.35. The highest BCUT2D eigenvalue weighted by atomic mass is 32.1. The summed E-state index contributed by atoms with van der Waals surface area (Å²) in [5.41, 5.74) is -0.00697. The minimum atomic E-state index is -0.00697. The van der Waals surface area contributed by atoms with E-state index in [9.17, 15) is 4.79 Å². The molecule has 0 aliphatic carbocycles. The van der Waals surface area contributed by atoms with Gasteiger partial charge in [-0.25, -0.2) is 0 Å². The lowest BCUT2D eigenvalue weighted by molar-refractivity contribution is -0.117. The SMILES string of the molecule is CCC(CC)c1nnc(NC(=O)CC(C)(C)C)s1. The Kier molecular flexibility index (Phi) is 5.26. The average Bonchev–Trinajstić information content (AvgIpc) is 2.65. The molecule has 5 heteroatoms. The van der Waals surface area contributed by atoms with Crippen LogP contribution in [-0.2, 0) is 4.79 Å². The number of carbonyl (C=O) groups is 1. The summed E-state index contributed by atoms with van der Waals surface area (Å²) >= 11 is 1.49. The van der Waals surface area contributed by atoms with E-state index in [1.165, 1.54) is 11.3 Å². The van der Waals surface area contributed by atoms with E-state index in [2.05, 4.69) is 29.4 Å². The monoisotopic (exact) mass is 269 g/mol. The number of hydrogen-bond acceptors (Lipinski definition) is 4. The zero-order valence-corrected chi connectivity index (χ0v) is 12.7. The molecule has 0 saturated heterocycles. The molecule has 4 nitrogen and oxygen atoms in total. The Balaban J connectivity index is 2.61. The number of nitrogens with zero attached hydrogens (tertiary/aromatic N) is 2. The van der Waals surface area contributed by atoms with E-state index in [1.54, 1.807) is 0 Å². The van der Waals surface area contributed by atoms with Gasteiger partial charge in [0.25, 0.3) is 0 Å². The standard InChI is InChI=1S/C13H23N3OS/c1-6-9(7-2)11-15-16-12(18-11)14-10(17)8-13(3,4)5/h9H,6-8H2,1-5H3,(H,14,16,17). The summed E-state index contributed by atoms with van der Waals surface area (Å²) in [6.45, 7) is 10.4. The minimum absolute atomic E-state index is 0.00697. The van der Waals surface area contributed by atoms with Gasteiger partial charge in [0.05, 0.1) is 0 Å². The van der Waals surface area contributed by atoms with E-state index < -0.39 is 0 Å². The van der Waals surface area contributed by atoms with Crippen LogP contribution in [0.4, 0.5) is 5.13 Å². The van der Waals surface area contributed by atoms with Crippen molar-refractivity contribution in [3.8, 4) is 0 Å². The van der Waals surface area contributed by atoms with Crippen LogP contribution >= 0.6 is 11.3 Å². The molecular formula is C13H23N3OS. The highest BCUT2D eigenvalue weighted by molar-refractivity contribution is 7.15. The van der Waals surface area contributed by atoms with Crippen molar-refractivity contribution in [2.45, 2.75) is 59.8 Å². The smallest absolute Gasteiger partial charge is 0.226 e. The van der Waals surface area contributed by atoms with Gasteiger partial charge in [0.15, 0.2) is 0 Å². The van der Waals surface area contributed by atoms with Crippen LogP contribution in [0.3, 0.4) is 0 Å². The molecule has 1 N–H and O–H groups in total. The maximum absolute atomic E-state index is 11.8. The zero-order valence-electron chi connectivity index (χ0n) is 11.9. The van der Waals surface area contributed by atoms with Gasteiger partial charge in [0, 0.05) is 12.3 Å². The van der Waals surface area contributed by atoms with Gasteiger partial charge in [-0.05, 0) is 18.3 Å². The Labute approximate surface area is 113 Å². The molecule has 0 aliphatic heterocycles. The fourth-order valence-electron chi connectivity index (χ4n) is 1.73. The molecule has 0 fully saturated rings. The highest BCUT2D eigenvalue weighted by Gasteiger charge is 2.18. The number of carbonyl (C=O) groups excluding carboxylic acids is 1. The Hall–Kier alpha value is -0.970. The molecule has 102 valence electrons. The predicted molar refractivity (Wildman–Crippen MR) is 75.9 cm³/mol. The van der Waals surface area contributed by atoms with Crippen molar-refractivity contribution >= 4 is 22.4 Å². The third-order valence-corrected chi connectivity index (χ3v) is 3.71. The Bertz CT molecular complexity index is 391. The van der Waals surface area contributed by atoms with Crippen LogP contribution in [0, 0.1) is 5.41 Å². The molecule has 1 rings (SSSR count). The molecule has 0 spiro atoms. The maximum atomic E-state index is 11.8. The van der Waals surface area contributed by atoms with Crippen LogP contribution in [0.5, 0.6) is 0 Å².